The van der Waals surface area contributed by atoms with Gasteiger partial charge in [-0.05, 0) is 166 Å². The van der Waals surface area contributed by atoms with E-state index in [1.54, 1.807) is 66.0 Å². The highest BCUT2D eigenvalue weighted by atomic mass is 16.6. The van der Waals surface area contributed by atoms with Crippen molar-refractivity contribution in [2.45, 2.75) is 215 Å². The Kier molecular flexibility index (Phi) is 38.9. The van der Waals surface area contributed by atoms with Gasteiger partial charge in [-0.25, -0.2) is 4.79 Å². The van der Waals surface area contributed by atoms with Crippen molar-refractivity contribution in [3.8, 4) is 0 Å². The lowest BCUT2D eigenvalue weighted by Crippen LogP contribution is -2.49. The number of hydrogen-bond acceptors (Lipinski definition) is 13. The zero-order valence-corrected chi connectivity index (χ0v) is 82.5. The molecule has 10 aromatic carbocycles. The molecule has 10 atom stereocenters. The average molecular weight is 1860 g/mol. The predicted octanol–water partition coefficient (Wildman–Crippen LogP) is 20.6. The maximum Gasteiger partial charge on any atom is 0.411 e. The van der Waals surface area contributed by atoms with Gasteiger partial charge in [0.15, 0.2) is 0 Å². The third-order valence-electron chi connectivity index (χ3n) is 25.8. The molecule has 10 rings (SSSR count). The van der Waals surface area contributed by atoms with Crippen LogP contribution in [0.3, 0.4) is 0 Å². The Morgan fingerprint density at radius 3 is 0.489 bits per heavy atom. The van der Waals surface area contributed by atoms with Gasteiger partial charge in [-0.2, -0.15) is 0 Å². The van der Waals surface area contributed by atoms with E-state index in [0.29, 0.717) is 0 Å². The Morgan fingerprint density at radius 1 is 0.190 bits per heavy atom. The van der Waals surface area contributed by atoms with E-state index < -0.39 is 156 Å². The first kappa shape index (κ1) is 105. The van der Waals surface area contributed by atoms with Gasteiger partial charge >= 0.3 is 12.1 Å². The van der Waals surface area contributed by atoms with Crippen molar-refractivity contribution in [1.82, 2.24) is 49.0 Å². The summed E-state index contributed by atoms with van der Waals surface area (Å²) < 4.78 is 11.6. The van der Waals surface area contributed by atoms with Gasteiger partial charge in [0.1, 0.15) is 43.9 Å². The van der Waals surface area contributed by atoms with Crippen LogP contribution in [0.2, 0.25) is 0 Å². The molecule has 0 saturated carbocycles. The molecule has 0 saturated heterocycles. The van der Waals surface area contributed by atoms with Crippen molar-refractivity contribution < 1.29 is 62.2 Å². The minimum Gasteiger partial charge on any atom is -0.460 e. The van der Waals surface area contributed by atoms with Crippen molar-refractivity contribution in [2.24, 2.45) is 0 Å². The van der Waals surface area contributed by atoms with Crippen molar-refractivity contribution in [1.29, 1.82) is 0 Å². The van der Waals surface area contributed by atoms with E-state index in [-0.39, 0.29) is 77.9 Å². The van der Waals surface area contributed by atoms with Gasteiger partial charge in [-0.3, -0.25) is 52.8 Å². The molecule has 0 spiro atoms. The standard InChI is InChI=1S/C114H138N10O13/c1-82(92-47-27-17-28-48-92)115(72-67-102(125)121(88(7)98-59-39-23-40-60-98)78-107(130)117(84(3)94-51-31-19-32-52-94)74-69-104(127)123(90(9)100-63-43-25-44-64-100)80-109(132)119(76-71-111(134)136-113(11,12)13)86(5)96-55-35-21-36-56-96)106(129)77-120(87(6)97-57-37-22-38-58-97)103(126)68-73-116(83(2)93-49-29-18-30-50-93)108(131)79-122(89(8)99-61-41-24-42-62-99)105(128)70-75-118(85(4)95-53-33-20-34-54-95)110(133)81-124(112(135)137-114(14,15)16)91(10)101-65-45-26-46-66-101/h17-66,82-91H,67-81H2,1-16H3/t82-,83-,84-,85-,86-,87-,88-,89-,90-,91-/m0/s1. The van der Waals surface area contributed by atoms with Crippen LogP contribution in [0.4, 0.5) is 4.79 Å². The van der Waals surface area contributed by atoms with Crippen LogP contribution in [0.15, 0.2) is 303 Å². The number of benzene rings is 10. The topological polar surface area (TPSA) is 239 Å². The molecule has 10 amide bonds. The van der Waals surface area contributed by atoms with Crippen LogP contribution in [0.1, 0.15) is 259 Å². The number of rotatable bonds is 45. The highest BCUT2D eigenvalue weighted by Gasteiger charge is 2.39. The molecule has 0 bridgehead atoms. The molecule has 0 radical (unpaired) electrons. The van der Waals surface area contributed by atoms with Crippen LogP contribution in [0.25, 0.3) is 0 Å². The van der Waals surface area contributed by atoms with Gasteiger partial charge < -0.3 is 53.6 Å². The summed E-state index contributed by atoms with van der Waals surface area (Å²) in [5.74, 6) is -4.60. The molecule has 23 heteroatoms. The van der Waals surface area contributed by atoms with E-state index in [1.165, 1.54) is 24.5 Å². The summed E-state index contributed by atoms with van der Waals surface area (Å²) in [6.45, 7) is 26.5. The Bertz CT molecular complexity index is 5520. The molecular weight excluding hydrogens is 1720 g/mol. The summed E-state index contributed by atoms with van der Waals surface area (Å²) in [6, 6.07) is 87.3. The molecule has 10 aromatic rings. The largest absolute Gasteiger partial charge is 0.460 e. The number of carbonyl (C=O) groups is 11. The molecule has 0 aromatic heterocycles. The Balaban J connectivity index is 0.929. The fraction of sp³-hybridized carbons (Fsp3) is 0.377. The average Bonchev–Trinajstić information content (AvgIpc) is 0.819. The van der Waals surface area contributed by atoms with E-state index in [9.17, 15) is 9.59 Å². The highest BCUT2D eigenvalue weighted by Crippen LogP contribution is 2.35. The molecule has 0 heterocycles. The molecule has 137 heavy (non-hydrogen) atoms. The smallest absolute Gasteiger partial charge is 0.411 e. The number of amides is 10. The van der Waals surface area contributed by atoms with Gasteiger partial charge in [-0.15, -0.1) is 0 Å². The van der Waals surface area contributed by atoms with Gasteiger partial charge in [0.2, 0.25) is 53.2 Å². The van der Waals surface area contributed by atoms with E-state index in [4.69, 9.17) is 9.47 Å². The first-order chi connectivity index (χ1) is 65.5. The Morgan fingerprint density at radius 2 is 0.328 bits per heavy atom. The maximum atomic E-state index is 16.1. The quantitative estimate of drug-likeness (QED) is 0.0323. The monoisotopic (exact) mass is 1860 g/mol. The van der Waals surface area contributed by atoms with E-state index in [0.717, 1.165) is 55.6 Å². The zero-order valence-electron chi connectivity index (χ0n) is 82.5. The van der Waals surface area contributed by atoms with Crippen molar-refractivity contribution in [2.75, 3.05) is 65.4 Å². The molecule has 0 N–H and O–H groups in total. The molecule has 0 aliphatic heterocycles. The molecule has 23 nitrogen and oxygen atoms in total. The summed E-state index contributed by atoms with van der Waals surface area (Å²) in [4.78, 5) is 184. The number of hydrogen-bond donors (Lipinski definition) is 0. The van der Waals surface area contributed by atoms with Crippen LogP contribution in [0, 0.1) is 0 Å². The summed E-state index contributed by atoms with van der Waals surface area (Å²) in [6.07, 6.45) is -1.84. The first-order valence-electron chi connectivity index (χ1n) is 47.8. The van der Waals surface area contributed by atoms with E-state index in [2.05, 4.69) is 0 Å². The van der Waals surface area contributed by atoms with E-state index >= 15 is 43.2 Å². The van der Waals surface area contributed by atoms with Crippen LogP contribution in [-0.2, 0) is 57.4 Å². The molecule has 0 aliphatic carbocycles. The van der Waals surface area contributed by atoms with Gasteiger partial charge in [-0.1, -0.05) is 303 Å². The summed E-state index contributed by atoms with van der Waals surface area (Å²) in [5.41, 5.74) is 5.94. The summed E-state index contributed by atoms with van der Waals surface area (Å²) in [7, 11) is 0. The van der Waals surface area contributed by atoms with Crippen LogP contribution in [0.5, 0.6) is 0 Å². The number of esters is 1. The summed E-state index contributed by atoms with van der Waals surface area (Å²) in [5, 5.41) is 0. The van der Waals surface area contributed by atoms with E-state index in [1.807, 2.05) is 373 Å². The minimum atomic E-state index is -0.893. The molecule has 0 aliphatic rings. The number of nitrogens with zero attached hydrogens (tertiary/aromatic N) is 10. The predicted molar refractivity (Wildman–Crippen MR) is 536 cm³/mol. The van der Waals surface area contributed by atoms with Crippen LogP contribution in [-0.4, -0.2) is 191 Å². The second-order valence-electron chi connectivity index (χ2n) is 37.3. The lowest BCUT2D eigenvalue weighted by Gasteiger charge is -2.37. The van der Waals surface area contributed by atoms with Crippen LogP contribution < -0.4 is 0 Å². The second kappa shape index (κ2) is 50.7. The third-order valence-corrected chi connectivity index (χ3v) is 25.8. The number of ether oxygens (including phenoxy) is 2. The second-order valence-corrected chi connectivity index (χ2v) is 37.3. The van der Waals surface area contributed by atoms with Gasteiger partial charge in [0.05, 0.1) is 66.8 Å². The van der Waals surface area contributed by atoms with Gasteiger partial charge in [0, 0.05) is 58.4 Å². The lowest BCUT2D eigenvalue weighted by atomic mass is 10.0. The third kappa shape index (κ3) is 30.3. The molecule has 0 fully saturated rings. The molecule has 722 valence electrons. The lowest BCUT2D eigenvalue weighted by molar-refractivity contribution is -0.156. The minimum absolute atomic E-state index is 0.00432. The van der Waals surface area contributed by atoms with Crippen LogP contribution >= 0.6 is 0 Å². The number of carbonyl (C=O) groups excluding carboxylic acids is 11. The highest BCUT2D eigenvalue weighted by molar-refractivity contribution is 5.91. The Labute approximate surface area is 810 Å². The SMILES string of the molecule is C[C@@H](c1ccccc1)N(CCC(=O)OC(C)(C)C)C(=O)CN(C(=O)CCN(C(=O)CN(C(=O)CCN(C(=O)CN(C(=O)CCN(C(=O)CN(C(=O)CCN(C(=O)CN(C(=O)OC(C)(C)C)[C@@H](C)c1ccccc1)[C@@H](C)c1ccccc1)[C@@H](C)c1ccccc1)[C@@H](C)c1ccccc1)[C@@H](C)c1ccccc1)[C@@H](C)c1ccccc1)[C@@H](C)c1ccccc1)[C@@H](C)c1ccccc1)[C@@H](C)c1ccccc1. The zero-order chi connectivity index (χ0) is 99.0. The van der Waals surface area contributed by atoms with Crippen molar-refractivity contribution in [3.05, 3.63) is 359 Å². The fourth-order valence-corrected chi connectivity index (χ4v) is 17.5. The van der Waals surface area contributed by atoms with Crippen molar-refractivity contribution >= 4 is 65.2 Å². The van der Waals surface area contributed by atoms with Gasteiger partial charge in [0.25, 0.3) is 0 Å². The Hall–Kier alpha value is -13.8. The first-order valence-corrected chi connectivity index (χ1v) is 47.8. The molecular formula is C114H138N10O13. The fourth-order valence-electron chi connectivity index (χ4n) is 17.5. The maximum absolute atomic E-state index is 16.1. The van der Waals surface area contributed by atoms with Crippen molar-refractivity contribution in [3.63, 3.8) is 0 Å². The summed E-state index contributed by atoms with van der Waals surface area (Å²) >= 11 is 0. The molecule has 0 unspecified atom stereocenters. The normalized spacial score (nSPS) is 13.6.